The normalized spacial score (nSPS) is 21.9. The molecule has 3 fully saturated rings. The fourth-order valence-corrected chi connectivity index (χ4v) is 5.30. The number of carbonyl (C=O) groups is 3. The van der Waals surface area contributed by atoms with Crippen LogP contribution in [0, 0.1) is 22.6 Å². The van der Waals surface area contributed by atoms with Gasteiger partial charge in [-0.05, 0) is 62.1 Å². The molecule has 2 aliphatic heterocycles. The minimum Gasteiger partial charge on any atom is -0.494 e. The number of carbonyl (C=O) groups excluding carboxylic acids is 3. The smallest absolute Gasteiger partial charge is 0.273 e. The van der Waals surface area contributed by atoms with Gasteiger partial charge in [0.05, 0.1) is 18.7 Å². The summed E-state index contributed by atoms with van der Waals surface area (Å²) in [5.74, 6) is -2.81. The van der Waals surface area contributed by atoms with Crippen LogP contribution >= 0.6 is 0 Å². The van der Waals surface area contributed by atoms with Crippen LogP contribution in [0.25, 0.3) is 0 Å². The maximum atomic E-state index is 14.4. The summed E-state index contributed by atoms with van der Waals surface area (Å²) in [4.78, 5) is 45.9. The average molecular weight is 506 g/mol. The number of benzene rings is 2. The summed E-state index contributed by atoms with van der Waals surface area (Å²) < 4.78 is 19.3. The van der Waals surface area contributed by atoms with Gasteiger partial charge in [0.1, 0.15) is 11.4 Å². The second-order valence-electron chi connectivity index (χ2n) is 9.80. The summed E-state index contributed by atoms with van der Waals surface area (Å²) in [5, 5.41) is 8.40. The molecule has 1 unspecified atom stereocenters. The van der Waals surface area contributed by atoms with Crippen molar-refractivity contribution in [3.63, 3.8) is 0 Å². The summed E-state index contributed by atoms with van der Waals surface area (Å²) >= 11 is 0. The van der Waals surface area contributed by atoms with Gasteiger partial charge in [-0.1, -0.05) is 0 Å². The molecule has 37 heavy (non-hydrogen) atoms. The molecule has 10 heteroatoms. The zero-order chi connectivity index (χ0) is 26.3. The third-order valence-corrected chi connectivity index (χ3v) is 7.45. The predicted molar refractivity (Wildman–Crippen MR) is 137 cm³/mol. The Morgan fingerprint density at radius 3 is 2.35 bits per heavy atom. The number of hydrogen-bond acceptors (Lipinski definition) is 6. The quantitative estimate of drug-likeness (QED) is 0.583. The highest BCUT2D eigenvalue weighted by Gasteiger charge is 2.60. The number of nitrogens with zero attached hydrogens (tertiary/aromatic N) is 3. The van der Waals surface area contributed by atoms with Gasteiger partial charge in [0.25, 0.3) is 11.8 Å². The predicted octanol–water partition coefficient (Wildman–Crippen LogP) is 3.37. The number of halogens is 1. The molecule has 2 saturated heterocycles. The summed E-state index contributed by atoms with van der Waals surface area (Å²) in [6.07, 6.45) is 3.73. The van der Waals surface area contributed by atoms with Crippen LogP contribution in [-0.4, -0.2) is 49.3 Å². The number of nitrogens with one attached hydrogen (secondary N) is 1. The molecule has 1 atom stereocenters. The van der Waals surface area contributed by atoms with Gasteiger partial charge >= 0.3 is 0 Å². The Balaban J connectivity index is 1.52. The van der Waals surface area contributed by atoms with Gasteiger partial charge in [0, 0.05) is 42.4 Å². The first-order valence-electron chi connectivity index (χ1n) is 12.3. The standard InChI is InChI=1S/C27H28FN5O4/c1-37-20-10-5-16(14-19(20)28)31-24-22(23(29)25(30)35)27(11-12-27)15-33(26(24)36)18-8-6-17(7-9-18)32-13-3-2-4-21(32)34/h5-10,14,22,29H,2-4,11-13,15H2,1H3,(H2,30,35). The van der Waals surface area contributed by atoms with Crippen molar-refractivity contribution in [2.24, 2.45) is 22.1 Å². The van der Waals surface area contributed by atoms with Crippen molar-refractivity contribution in [3.05, 3.63) is 48.3 Å². The van der Waals surface area contributed by atoms with Crippen molar-refractivity contribution < 1.29 is 23.5 Å². The van der Waals surface area contributed by atoms with E-state index in [9.17, 15) is 18.8 Å². The molecule has 9 nitrogen and oxygen atoms in total. The molecular weight excluding hydrogens is 477 g/mol. The van der Waals surface area contributed by atoms with E-state index >= 15 is 0 Å². The first-order valence-corrected chi connectivity index (χ1v) is 12.3. The van der Waals surface area contributed by atoms with E-state index in [0.717, 1.165) is 24.6 Å². The molecule has 0 radical (unpaired) electrons. The summed E-state index contributed by atoms with van der Waals surface area (Å²) in [5.41, 5.74) is 6.08. The van der Waals surface area contributed by atoms with Crippen LogP contribution in [0.3, 0.4) is 0 Å². The molecule has 5 rings (SSSR count). The lowest BCUT2D eigenvalue weighted by atomic mass is 9.76. The molecule has 1 aliphatic carbocycles. The molecule has 0 aromatic heterocycles. The van der Waals surface area contributed by atoms with Gasteiger partial charge in [-0.15, -0.1) is 0 Å². The van der Waals surface area contributed by atoms with Crippen LogP contribution in [0.5, 0.6) is 5.75 Å². The molecular formula is C27H28FN5O4. The lowest BCUT2D eigenvalue weighted by Crippen LogP contribution is -2.56. The number of ether oxygens (including phenoxy) is 1. The van der Waals surface area contributed by atoms with Crippen LogP contribution < -0.4 is 20.3 Å². The van der Waals surface area contributed by atoms with Crippen LogP contribution in [0.2, 0.25) is 0 Å². The SMILES string of the molecule is COc1ccc(N=C2C(=O)N(c3ccc(N4CCCCC4=O)cc3)CC3(CC3)C2C(=N)C(N)=O)cc1F. The Hall–Kier alpha value is -4.08. The van der Waals surface area contributed by atoms with E-state index in [0.29, 0.717) is 38.0 Å². The molecule has 3 N–H and O–H groups in total. The highest BCUT2D eigenvalue weighted by Crippen LogP contribution is 2.56. The van der Waals surface area contributed by atoms with E-state index in [1.807, 2.05) is 12.1 Å². The van der Waals surface area contributed by atoms with Gasteiger partial charge in [0.15, 0.2) is 11.6 Å². The van der Waals surface area contributed by atoms with Crippen molar-refractivity contribution in [2.45, 2.75) is 32.1 Å². The highest BCUT2D eigenvalue weighted by molar-refractivity contribution is 6.54. The average Bonchev–Trinajstić information content (AvgIpc) is 3.66. The Labute approximate surface area is 213 Å². The van der Waals surface area contributed by atoms with E-state index < -0.39 is 29.0 Å². The second kappa shape index (κ2) is 9.42. The van der Waals surface area contributed by atoms with Gasteiger partial charge in [-0.2, -0.15) is 0 Å². The Bertz CT molecular complexity index is 1320. The van der Waals surface area contributed by atoms with Crippen LogP contribution in [-0.2, 0) is 14.4 Å². The van der Waals surface area contributed by atoms with Crippen LogP contribution in [0.15, 0.2) is 47.5 Å². The molecule has 2 aromatic carbocycles. The third kappa shape index (κ3) is 4.47. The molecule has 2 heterocycles. The van der Waals surface area contributed by atoms with E-state index in [-0.39, 0.29) is 28.8 Å². The number of nitrogens with two attached hydrogens (primary N) is 1. The number of methoxy groups -OCH3 is 1. The molecule has 2 aromatic rings. The number of aliphatic imine (C=N–C) groups is 1. The lowest BCUT2D eigenvalue weighted by molar-refractivity contribution is -0.119. The number of piperidine rings is 2. The monoisotopic (exact) mass is 505 g/mol. The summed E-state index contributed by atoms with van der Waals surface area (Å²) in [7, 11) is 1.35. The molecule has 192 valence electrons. The third-order valence-electron chi connectivity index (χ3n) is 7.45. The molecule has 1 spiro atoms. The van der Waals surface area contributed by atoms with Crippen molar-refractivity contribution >= 4 is 46.2 Å². The van der Waals surface area contributed by atoms with E-state index in [2.05, 4.69) is 4.99 Å². The second-order valence-corrected chi connectivity index (χ2v) is 9.80. The topological polar surface area (TPSA) is 129 Å². The van der Waals surface area contributed by atoms with Crippen LogP contribution in [0.4, 0.5) is 21.5 Å². The fraction of sp³-hybridized carbons (Fsp3) is 0.370. The number of hydrogen-bond donors (Lipinski definition) is 2. The molecule has 3 amide bonds. The number of anilines is 2. The lowest BCUT2D eigenvalue weighted by Gasteiger charge is -2.39. The van der Waals surface area contributed by atoms with Crippen molar-refractivity contribution in [1.82, 2.24) is 0 Å². The molecule has 3 aliphatic rings. The van der Waals surface area contributed by atoms with Crippen molar-refractivity contribution in [3.8, 4) is 5.75 Å². The van der Waals surface area contributed by atoms with Crippen LogP contribution in [0.1, 0.15) is 32.1 Å². The Kier molecular flexibility index (Phi) is 6.26. The number of primary amides is 1. The first kappa shape index (κ1) is 24.6. The van der Waals surface area contributed by atoms with Gasteiger partial charge in [0.2, 0.25) is 5.91 Å². The Morgan fingerprint density at radius 1 is 1.11 bits per heavy atom. The molecule has 0 bridgehead atoms. The zero-order valence-electron chi connectivity index (χ0n) is 20.5. The van der Waals surface area contributed by atoms with E-state index in [1.165, 1.54) is 19.2 Å². The maximum Gasteiger partial charge on any atom is 0.273 e. The number of rotatable bonds is 6. The van der Waals surface area contributed by atoms with Gasteiger partial charge < -0.3 is 20.3 Å². The van der Waals surface area contributed by atoms with Crippen molar-refractivity contribution in [1.29, 1.82) is 5.41 Å². The van der Waals surface area contributed by atoms with E-state index in [4.69, 9.17) is 15.9 Å². The van der Waals surface area contributed by atoms with Crippen molar-refractivity contribution in [2.75, 3.05) is 30.0 Å². The zero-order valence-corrected chi connectivity index (χ0v) is 20.5. The first-order chi connectivity index (χ1) is 17.7. The van der Waals surface area contributed by atoms with E-state index in [1.54, 1.807) is 21.9 Å². The maximum absolute atomic E-state index is 14.4. The summed E-state index contributed by atoms with van der Waals surface area (Å²) in [6, 6.07) is 11.3. The minimum absolute atomic E-state index is 0.0209. The summed E-state index contributed by atoms with van der Waals surface area (Å²) in [6.45, 7) is 0.959. The largest absolute Gasteiger partial charge is 0.494 e. The molecule has 1 saturated carbocycles. The highest BCUT2D eigenvalue weighted by atomic mass is 19.1. The van der Waals surface area contributed by atoms with Gasteiger partial charge in [-0.3, -0.25) is 19.8 Å². The van der Waals surface area contributed by atoms with Gasteiger partial charge in [-0.25, -0.2) is 9.38 Å². The Morgan fingerprint density at radius 2 is 1.78 bits per heavy atom. The number of amides is 3. The fourth-order valence-electron chi connectivity index (χ4n) is 5.30. The minimum atomic E-state index is -0.915.